The molecule has 3 N–H and O–H groups in total. The minimum Gasteiger partial charge on any atom is -0.493 e. The summed E-state index contributed by atoms with van der Waals surface area (Å²) in [5.74, 6) is 3.45. The van der Waals surface area contributed by atoms with E-state index in [1.54, 1.807) is 36.4 Å². The average Bonchev–Trinajstić information content (AvgIpc) is 2.87. The normalized spacial score (nSPS) is 12.3. The number of aliphatic hydroxyl groups is 1. The number of halogens is 3. The smallest absolute Gasteiger partial charge is 0.416 e. The van der Waals surface area contributed by atoms with E-state index >= 15 is 0 Å². The summed E-state index contributed by atoms with van der Waals surface area (Å²) in [7, 11) is 1.52. The van der Waals surface area contributed by atoms with Crippen LogP contribution in [0.5, 0.6) is 11.5 Å². The van der Waals surface area contributed by atoms with Gasteiger partial charge in [-0.1, -0.05) is 53.6 Å². The van der Waals surface area contributed by atoms with Crippen LogP contribution in [0.2, 0.25) is 0 Å². The summed E-state index contributed by atoms with van der Waals surface area (Å²) in [6, 6.07) is 16.7. The Kier molecular flexibility index (Phi) is 8.73. The summed E-state index contributed by atoms with van der Waals surface area (Å²) < 4.78 is 48.9. The van der Waals surface area contributed by atoms with Gasteiger partial charge in [0.15, 0.2) is 17.7 Å². The van der Waals surface area contributed by atoms with Gasteiger partial charge in [-0.15, -0.1) is 6.42 Å². The Balaban J connectivity index is 1.55. The highest BCUT2D eigenvalue weighted by molar-refractivity contribution is 5.64. The Morgan fingerprint density at radius 1 is 1.00 bits per heavy atom. The van der Waals surface area contributed by atoms with Crippen LogP contribution in [0.3, 0.4) is 0 Å². The summed E-state index contributed by atoms with van der Waals surface area (Å²) in [4.78, 5) is 0. The van der Waals surface area contributed by atoms with Crippen molar-refractivity contribution in [3.63, 3.8) is 0 Å². The minimum absolute atomic E-state index is 0.125. The van der Waals surface area contributed by atoms with Crippen molar-refractivity contribution in [3.05, 3.63) is 83.4 Å². The Bertz CT molecular complexity index is 1140. The van der Waals surface area contributed by atoms with Gasteiger partial charge in [-0.3, -0.25) is 5.21 Å². The number of hydrogen-bond acceptors (Lipinski definition) is 6. The lowest BCUT2D eigenvalue weighted by molar-refractivity contribution is -0.234. The van der Waals surface area contributed by atoms with Crippen molar-refractivity contribution in [1.29, 1.82) is 0 Å². The molecule has 0 spiro atoms. The maximum absolute atomic E-state index is 12.7. The molecule has 6 nitrogen and oxygen atoms in total. The van der Waals surface area contributed by atoms with E-state index in [4.69, 9.17) is 15.9 Å². The number of alkyl halides is 3. The van der Waals surface area contributed by atoms with E-state index in [1.165, 1.54) is 19.2 Å². The maximum Gasteiger partial charge on any atom is 0.416 e. The first-order valence-electron chi connectivity index (χ1n) is 10.6. The van der Waals surface area contributed by atoms with Crippen molar-refractivity contribution >= 4 is 0 Å². The van der Waals surface area contributed by atoms with Crippen molar-refractivity contribution < 1.29 is 33.0 Å². The number of nitrogens with one attached hydrogen (secondary N) is 1. The van der Waals surface area contributed by atoms with E-state index < -0.39 is 18.0 Å². The monoisotopic (exact) mass is 486 g/mol. The molecule has 3 aromatic carbocycles. The lowest BCUT2D eigenvalue weighted by atomic mass is 10.0. The molecule has 3 aromatic rings. The third-order valence-electron chi connectivity index (χ3n) is 5.21. The summed E-state index contributed by atoms with van der Waals surface area (Å²) >= 11 is 0. The molecule has 184 valence electrons. The van der Waals surface area contributed by atoms with Gasteiger partial charge in [-0.25, -0.2) is 5.43 Å². The zero-order valence-corrected chi connectivity index (χ0v) is 18.9. The Labute approximate surface area is 201 Å². The van der Waals surface area contributed by atoms with Crippen LogP contribution in [-0.2, 0) is 12.6 Å². The first-order valence-corrected chi connectivity index (χ1v) is 10.6. The molecular weight excluding hydrogens is 461 g/mol. The molecule has 0 amide bonds. The van der Waals surface area contributed by atoms with Gasteiger partial charge in [0.1, 0.15) is 6.61 Å². The number of aliphatic hydroxyl groups excluding tert-OH is 1. The number of nitrogens with zero attached hydrogens (tertiary/aromatic N) is 1. The highest BCUT2D eigenvalue weighted by Gasteiger charge is 2.30. The van der Waals surface area contributed by atoms with Crippen molar-refractivity contribution in [2.24, 2.45) is 0 Å². The summed E-state index contributed by atoms with van der Waals surface area (Å²) in [6.45, 7) is 0.435. The lowest BCUT2D eigenvalue weighted by Crippen LogP contribution is -2.39. The van der Waals surface area contributed by atoms with Crippen LogP contribution >= 0.6 is 0 Å². The number of benzene rings is 3. The number of hydroxylamine groups is 1. The number of rotatable bonds is 10. The molecule has 1 unspecified atom stereocenters. The van der Waals surface area contributed by atoms with Crippen molar-refractivity contribution in [1.82, 2.24) is 10.6 Å². The quantitative estimate of drug-likeness (QED) is 0.217. The molecule has 0 heterocycles. The standard InChI is InChI=1S/C26H25F3N2O4/c1-3-16-35-23-13-4-18(17-24(23)34-2)14-15-30-31(33)25(32)21-7-5-19(6-8-21)20-9-11-22(12-10-20)26(27,28)29/h1,4-13,17,25,30,32-33H,14-16H2,2H3. The Hall–Kier alpha value is -3.55. The first-order chi connectivity index (χ1) is 16.7. The summed E-state index contributed by atoms with van der Waals surface area (Å²) in [6.07, 6.45) is -0.0291. The predicted octanol–water partition coefficient (Wildman–Crippen LogP) is 4.82. The minimum atomic E-state index is -4.39. The van der Waals surface area contributed by atoms with E-state index in [2.05, 4.69) is 11.3 Å². The molecular formula is C26H25F3N2O4. The van der Waals surface area contributed by atoms with Gasteiger partial charge in [-0.2, -0.15) is 13.2 Å². The number of hydrazine groups is 1. The highest BCUT2D eigenvalue weighted by Crippen LogP contribution is 2.31. The molecule has 0 aliphatic rings. The second kappa shape index (κ2) is 11.7. The molecule has 0 saturated carbocycles. The molecule has 0 aliphatic carbocycles. The molecule has 0 aromatic heterocycles. The van der Waals surface area contributed by atoms with Gasteiger partial charge in [-0.05, 0) is 52.9 Å². The Morgan fingerprint density at radius 3 is 2.20 bits per heavy atom. The molecule has 1 atom stereocenters. The van der Waals surface area contributed by atoms with Crippen molar-refractivity contribution in [2.75, 3.05) is 20.3 Å². The average molecular weight is 486 g/mol. The van der Waals surface area contributed by atoms with Crippen LogP contribution in [0.1, 0.15) is 22.9 Å². The Morgan fingerprint density at radius 2 is 1.63 bits per heavy atom. The van der Waals surface area contributed by atoms with Crippen LogP contribution in [-0.4, -0.2) is 35.7 Å². The summed E-state index contributed by atoms with van der Waals surface area (Å²) in [5, 5.41) is 21.2. The maximum atomic E-state index is 12.7. The van der Waals surface area contributed by atoms with Gasteiger partial charge in [0.05, 0.1) is 12.7 Å². The van der Waals surface area contributed by atoms with Crippen molar-refractivity contribution in [2.45, 2.75) is 18.8 Å². The van der Waals surface area contributed by atoms with Gasteiger partial charge in [0, 0.05) is 6.54 Å². The largest absolute Gasteiger partial charge is 0.493 e. The SMILES string of the molecule is C#CCOc1ccc(CCNN(O)C(O)c2ccc(-c3ccc(C(F)(F)F)cc3)cc2)cc1OC. The topological polar surface area (TPSA) is 74.2 Å². The molecule has 35 heavy (non-hydrogen) atoms. The molecule has 0 aliphatic heterocycles. The van der Waals surface area contributed by atoms with Gasteiger partial charge >= 0.3 is 6.18 Å². The second-order valence-corrected chi connectivity index (χ2v) is 7.55. The zero-order chi connectivity index (χ0) is 25.4. The van der Waals surface area contributed by atoms with Crippen LogP contribution in [0.25, 0.3) is 11.1 Å². The van der Waals surface area contributed by atoms with E-state index in [9.17, 15) is 23.5 Å². The third-order valence-corrected chi connectivity index (χ3v) is 5.21. The molecule has 0 radical (unpaired) electrons. The second-order valence-electron chi connectivity index (χ2n) is 7.55. The third kappa shape index (κ3) is 6.97. The van der Waals surface area contributed by atoms with Gasteiger partial charge < -0.3 is 14.6 Å². The van der Waals surface area contributed by atoms with Gasteiger partial charge in [0.2, 0.25) is 0 Å². The fraction of sp³-hybridized carbons (Fsp3) is 0.231. The zero-order valence-electron chi connectivity index (χ0n) is 18.9. The molecule has 3 rings (SSSR count). The molecule has 0 bridgehead atoms. The molecule has 0 saturated heterocycles. The number of methoxy groups -OCH3 is 1. The van der Waals surface area contributed by atoms with E-state index in [0.717, 1.165) is 17.7 Å². The fourth-order valence-corrected chi connectivity index (χ4v) is 3.35. The first kappa shape index (κ1) is 26.1. The van der Waals surface area contributed by atoms with Crippen LogP contribution in [0, 0.1) is 12.3 Å². The molecule has 9 heteroatoms. The predicted molar refractivity (Wildman–Crippen MR) is 124 cm³/mol. The molecule has 0 fully saturated rings. The van der Waals surface area contributed by atoms with Gasteiger partial charge in [0.25, 0.3) is 0 Å². The van der Waals surface area contributed by atoms with E-state index in [1.807, 2.05) is 6.07 Å². The summed E-state index contributed by atoms with van der Waals surface area (Å²) in [5.41, 5.74) is 4.58. The fourth-order valence-electron chi connectivity index (χ4n) is 3.35. The van der Waals surface area contributed by atoms with Crippen molar-refractivity contribution in [3.8, 4) is 35.0 Å². The lowest BCUT2D eigenvalue weighted by Gasteiger charge is -2.22. The number of ether oxygens (including phenoxy) is 2. The van der Waals surface area contributed by atoms with E-state index in [0.29, 0.717) is 46.3 Å². The highest BCUT2D eigenvalue weighted by atomic mass is 19.4. The number of hydrogen-bond donors (Lipinski definition) is 3. The van der Waals surface area contributed by atoms with Crippen LogP contribution in [0.15, 0.2) is 66.7 Å². The number of terminal acetylenes is 1. The van der Waals surface area contributed by atoms with Crippen LogP contribution in [0.4, 0.5) is 13.2 Å². The van der Waals surface area contributed by atoms with Crippen LogP contribution < -0.4 is 14.9 Å². The van der Waals surface area contributed by atoms with E-state index in [-0.39, 0.29) is 6.61 Å².